The van der Waals surface area contributed by atoms with Crippen LogP contribution in [0.3, 0.4) is 0 Å². The van der Waals surface area contributed by atoms with Crippen molar-refractivity contribution in [2.24, 2.45) is 0 Å². The molecule has 0 spiro atoms. The molecule has 7 nitrogen and oxygen atoms in total. The highest BCUT2D eigenvalue weighted by atomic mass is 31.2. The van der Waals surface area contributed by atoms with Crippen molar-refractivity contribution in [2.75, 3.05) is 26.7 Å². The number of carboxylic acids is 1. The molecule has 0 saturated heterocycles. The highest BCUT2D eigenvalue weighted by Gasteiger charge is 2.32. The van der Waals surface area contributed by atoms with Crippen molar-refractivity contribution in [3.05, 3.63) is 59.3 Å². The quantitative estimate of drug-likeness (QED) is 0.340. The van der Waals surface area contributed by atoms with Gasteiger partial charge in [-0.2, -0.15) is 0 Å². The van der Waals surface area contributed by atoms with E-state index in [-0.39, 0.29) is 0 Å². The van der Waals surface area contributed by atoms with Crippen molar-refractivity contribution in [3.8, 4) is 11.5 Å². The lowest BCUT2D eigenvalue weighted by Crippen LogP contribution is -2.19. The third kappa shape index (κ3) is 5.22. The van der Waals surface area contributed by atoms with Crippen LogP contribution in [0, 0.1) is 0 Å². The van der Waals surface area contributed by atoms with Crippen molar-refractivity contribution in [1.82, 2.24) is 4.57 Å². The second-order valence-corrected chi connectivity index (χ2v) is 9.64. The van der Waals surface area contributed by atoms with Crippen molar-refractivity contribution in [2.45, 2.75) is 45.6 Å². The van der Waals surface area contributed by atoms with Crippen LogP contribution in [-0.4, -0.2) is 42.3 Å². The molecule has 1 atom stereocenters. The maximum absolute atomic E-state index is 12.2. The number of fused-ring (bicyclic) bond motifs is 3. The average Bonchev–Trinajstić information content (AvgIpc) is 3.16. The number of rotatable bonds is 11. The summed E-state index contributed by atoms with van der Waals surface area (Å²) in [5, 5.41) is 10.9. The molecule has 0 aliphatic heterocycles. The van der Waals surface area contributed by atoms with Crippen LogP contribution in [0.1, 0.15) is 49.4 Å². The molecular formula is C26H32NO6P. The fourth-order valence-electron chi connectivity index (χ4n) is 4.65. The van der Waals surface area contributed by atoms with Gasteiger partial charge in [0.05, 0.1) is 26.2 Å². The third-order valence-electron chi connectivity index (χ3n) is 6.12. The minimum atomic E-state index is -1.12. The van der Waals surface area contributed by atoms with Gasteiger partial charge >= 0.3 is 5.97 Å². The molecule has 0 amide bonds. The van der Waals surface area contributed by atoms with Gasteiger partial charge in [-0.15, -0.1) is 0 Å². The van der Waals surface area contributed by atoms with Gasteiger partial charge in [-0.25, -0.2) is 0 Å². The molecule has 34 heavy (non-hydrogen) atoms. The maximum Gasteiger partial charge on any atom is 0.311 e. The van der Waals surface area contributed by atoms with Gasteiger partial charge in [-0.3, -0.25) is 4.79 Å². The summed E-state index contributed by atoms with van der Waals surface area (Å²) in [7, 11) is 0.535. The van der Waals surface area contributed by atoms with Gasteiger partial charge < -0.3 is 28.2 Å². The Morgan fingerprint density at radius 2 is 1.79 bits per heavy atom. The maximum atomic E-state index is 12.2. The average molecular weight is 486 g/mol. The normalized spacial score (nSPS) is 15.5. The van der Waals surface area contributed by atoms with Gasteiger partial charge in [0.1, 0.15) is 11.5 Å². The summed E-state index contributed by atoms with van der Waals surface area (Å²) in [4.78, 5) is 12.2. The predicted octanol–water partition coefficient (Wildman–Crippen LogP) is 5.92. The highest BCUT2D eigenvalue weighted by Crippen LogP contribution is 2.42. The van der Waals surface area contributed by atoms with E-state index in [1.165, 1.54) is 0 Å². The smallest absolute Gasteiger partial charge is 0.311 e. The zero-order valence-electron chi connectivity index (χ0n) is 20.0. The Kier molecular flexibility index (Phi) is 8.09. The SMILES string of the molecule is CCOP(COc1ccc2c(c1)c1c(n2Cc2ccc(OC)cc2)CCCC1C(=O)O)OCC. The van der Waals surface area contributed by atoms with E-state index >= 15 is 0 Å². The Morgan fingerprint density at radius 1 is 1.09 bits per heavy atom. The van der Waals surface area contributed by atoms with Crippen LogP contribution in [0.15, 0.2) is 42.5 Å². The van der Waals surface area contributed by atoms with E-state index in [4.69, 9.17) is 18.5 Å². The van der Waals surface area contributed by atoms with Gasteiger partial charge in [0.15, 0.2) is 6.35 Å². The van der Waals surface area contributed by atoms with E-state index in [1.807, 2.05) is 44.2 Å². The number of hydrogen-bond donors (Lipinski definition) is 1. The zero-order chi connectivity index (χ0) is 24.1. The summed E-state index contributed by atoms with van der Waals surface area (Å²) in [6, 6.07) is 14.0. The van der Waals surface area contributed by atoms with Crippen LogP contribution >= 0.6 is 8.38 Å². The lowest BCUT2D eigenvalue weighted by molar-refractivity contribution is -0.139. The number of methoxy groups -OCH3 is 1. The molecule has 1 aliphatic carbocycles. The highest BCUT2D eigenvalue weighted by molar-refractivity contribution is 7.47. The molecule has 2 aromatic carbocycles. The number of hydrogen-bond acceptors (Lipinski definition) is 5. The topological polar surface area (TPSA) is 79.2 Å². The fourth-order valence-corrected chi connectivity index (χ4v) is 5.70. The molecule has 1 N–H and O–H groups in total. The van der Waals surface area contributed by atoms with Crippen LogP contribution in [0.5, 0.6) is 11.5 Å². The standard InChI is InChI=1S/C26H32NO6P/c1-4-32-34(33-5-2)17-31-20-13-14-23-22(15-20)25-21(26(28)29)7-6-8-24(25)27(23)16-18-9-11-19(30-3)12-10-18/h9-15,21H,4-8,16-17H2,1-3H3,(H,28,29). The Morgan fingerprint density at radius 3 is 2.44 bits per heavy atom. The summed E-state index contributed by atoms with van der Waals surface area (Å²) in [6.45, 7) is 5.67. The van der Waals surface area contributed by atoms with Gasteiger partial charge in [0.2, 0.25) is 8.38 Å². The summed E-state index contributed by atoms with van der Waals surface area (Å²) in [5.41, 5.74) is 4.19. The first-order valence-corrected chi connectivity index (χ1v) is 13.1. The van der Waals surface area contributed by atoms with Gasteiger partial charge in [-0.05, 0) is 74.6 Å². The molecule has 0 radical (unpaired) electrons. The largest absolute Gasteiger partial charge is 0.497 e. The van der Waals surface area contributed by atoms with Crippen LogP contribution in [0.25, 0.3) is 10.9 Å². The third-order valence-corrected chi connectivity index (χ3v) is 7.55. The molecule has 0 bridgehead atoms. The molecule has 0 saturated carbocycles. The molecule has 1 heterocycles. The number of benzene rings is 2. The zero-order valence-corrected chi connectivity index (χ0v) is 20.8. The van der Waals surface area contributed by atoms with Crippen LogP contribution in [0.2, 0.25) is 0 Å². The molecule has 1 unspecified atom stereocenters. The summed E-state index contributed by atoms with van der Waals surface area (Å²) < 4.78 is 24.9. The summed E-state index contributed by atoms with van der Waals surface area (Å²) >= 11 is 0. The minimum Gasteiger partial charge on any atom is -0.497 e. The Hall–Kier alpha value is -2.60. The lowest BCUT2D eigenvalue weighted by atomic mass is 9.85. The molecule has 8 heteroatoms. The van der Waals surface area contributed by atoms with Crippen molar-refractivity contribution < 1.29 is 28.4 Å². The van der Waals surface area contributed by atoms with Gasteiger partial charge in [0, 0.05) is 23.1 Å². The molecule has 182 valence electrons. The van der Waals surface area contributed by atoms with Crippen LogP contribution < -0.4 is 9.47 Å². The number of carbonyl (C=O) groups is 1. The molecule has 1 aliphatic rings. The lowest BCUT2D eigenvalue weighted by Gasteiger charge is -2.21. The van der Waals surface area contributed by atoms with Crippen LogP contribution in [0.4, 0.5) is 0 Å². The monoisotopic (exact) mass is 485 g/mol. The number of aliphatic carboxylic acids is 1. The molecule has 1 aromatic heterocycles. The van der Waals surface area contributed by atoms with Crippen molar-refractivity contribution >= 4 is 25.2 Å². The number of nitrogens with zero attached hydrogens (tertiary/aromatic N) is 1. The Balaban J connectivity index is 1.71. The van der Waals surface area contributed by atoms with Crippen LogP contribution in [-0.2, 0) is 26.8 Å². The first-order valence-electron chi connectivity index (χ1n) is 11.7. The van der Waals surface area contributed by atoms with E-state index < -0.39 is 20.3 Å². The molecule has 0 fully saturated rings. The van der Waals surface area contributed by atoms with E-state index in [9.17, 15) is 9.90 Å². The van der Waals surface area contributed by atoms with Gasteiger partial charge in [-0.1, -0.05) is 12.1 Å². The van der Waals surface area contributed by atoms with E-state index in [1.54, 1.807) is 7.11 Å². The second kappa shape index (κ2) is 11.2. The number of aromatic nitrogens is 1. The second-order valence-electron chi connectivity index (χ2n) is 8.20. The number of ether oxygens (including phenoxy) is 2. The Bertz CT molecular complexity index is 1120. The number of carboxylic acid groups (broad SMARTS) is 1. The van der Waals surface area contributed by atoms with E-state index in [0.717, 1.165) is 46.3 Å². The van der Waals surface area contributed by atoms with Gasteiger partial charge in [0.25, 0.3) is 0 Å². The van der Waals surface area contributed by atoms with Crippen molar-refractivity contribution in [1.29, 1.82) is 0 Å². The Labute approximate surface area is 201 Å². The summed E-state index contributed by atoms with van der Waals surface area (Å²) in [6.07, 6.45) is 2.70. The predicted molar refractivity (Wildman–Crippen MR) is 133 cm³/mol. The first kappa shape index (κ1) is 24.5. The fraction of sp³-hybridized carbons (Fsp3) is 0.423. The summed E-state index contributed by atoms with van der Waals surface area (Å²) in [5.74, 6) is 0.225. The first-order chi connectivity index (χ1) is 16.5. The molecular weight excluding hydrogens is 453 g/mol. The molecule has 3 aromatic rings. The van der Waals surface area contributed by atoms with E-state index in [2.05, 4.69) is 16.7 Å². The molecule has 4 rings (SSSR count). The van der Waals surface area contributed by atoms with Crippen molar-refractivity contribution in [3.63, 3.8) is 0 Å². The van der Waals surface area contributed by atoms with E-state index in [0.29, 0.717) is 38.3 Å². The minimum absolute atomic E-state index is 0.333.